The van der Waals surface area contributed by atoms with Gasteiger partial charge in [-0.2, -0.15) is 0 Å². The molecule has 4 saturated carbocycles. The maximum atomic E-state index is 6.10. The molecule has 4 aliphatic rings. The molecule has 1 nitrogen and oxygen atoms in total. The summed E-state index contributed by atoms with van der Waals surface area (Å²) in [5.74, 6) is 3.21. The highest BCUT2D eigenvalue weighted by atomic mass is 14.6. The molecule has 0 radical (unpaired) electrons. The third kappa shape index (κ3) is 2.07. The fraction of sp³-hybridized carbons (Fsp3) is 0.667. The Kier molecular flexibility index (Phi) is 2.65. The third-order valence-electron chi connectivity index (χ3n) is 6.14. The van der Waals surface area contributed by atoms with E-state index in [9.17, 15) is 0 Å². The lowest BCUT2D eigenvalue weighted by atomic mass is 9.48. The minimum Gasteiger partial charge on any atom is -0.399 e. The van der Waals surface area contributed by atoms with Crippen LogP contribution < -0.4 is 5.73 Å². The molecule has 4 fully saturated rings. The van der Waals surface area contributed by atoms with E-state index >= 15 is 0 Å². The molecule has 0 unspecified atom stereocenters. The molecule has 1 heteroatoms. The highest BCUT2D eigenvalue weighted by Gasteiger charge is 2.50. The van der Waals surface area contributed by atoms with Crippen LogP contribution in [-0.4, -0.2) is 0 Å². The standard InChI is InChI=1S/C18H25N/c19-17-4-2-1-3-16(17)5-6-18-10-13-7-14(11-18)9-15(8-13)12-18/h1-4,13-15H,5-12,19H2. The van der Waals surface area contributed by atoms with Crippen LogP contribution in [0.3, 0.4) is 0 Å². The Morgan fingerprint density at radius 2 is 1.53 bits per heavy atom. The second kappa shape index (κ2) is 4.26. The van der Waals surface area contributed by atoms with Crippen molar-refractivity contribution in [3.8, 4) is 0 Å². The minimum absolute atomic E-state index is 0.691. The maximum absolute atomic E-state index is 6.10. The van der Waals surface area contributed by atoms with Crippen LogP contribution in [0.2, 0.25) is 0 Å². The average molecular weight is 255 g/mol. The first-order valence-corrected chi connectivity index (χ1v) is 8.06. The largest absolute Gasteiger partial charge is 0.399 e. The van der Waals surface area contributed by atoms with Crippen molar-refractivity contribution in [1.82, 2.24) is 0 Å². The molecule has 0 heterocycles. The lowest BCUT2D eigenvalue weighted by molar-refractivity contribution is -0.0569. The van der Waals surface area contributed by atoms with Crippen LogP contribution in [0.5, 0.6) is 0 Å². The van der Waals surface area contributed by atoms with Gasteiger partial charge in [0, 0.05) is 5.69 Å². The molecule has 2 N–H and O–H groups in total. The summed E-state index contributed by atoms with van der Waals surface area (Å²) in [5.41, 5.74) is 9.16. The number of para-hydroxylation sites is 1. The van der Waals surface area contributed by atoms with E-state index in [0.717, 1.165) is 23.4 Å². The Morgan fingerprint density at radius 1 is 0.947 bits per heavy atom. The van der Waals surface area contributed by atoms with Gasteiger partial charge in [0.2, 0.25) is 0 Å². The number of rotatable bonds is 3. The molecule has 0 amide bonds. The van der Waals surface area contributed by atoms with E-state index < -0.39 is 0 Å². The highest BCUT2D eigenvalue weighted by Crippen LogP contribution is 2.61. The van der Waals surface area contributed by atoms with Crippen LogP contribution in [0.4, 0.5) is 5.69 Å². The molecule has 4 bridgehead atoms. The Balaban J connectivity index is 1.49. The van der Waals surface area contributed by atoms with Crippen LogP contribution in [0.15, 0.2) is 24.3 Å². The molecular weight excluding hydrogens is 230 g/mol. The van der Waals surface area contributed by atoms with Crippen LogP contribution in [0.25, 0.3) is 0 Å². The van der Waals surface area contributed by atoms with Gasteiger partial charge in [-0.1, -0.05) is 18.2 Å². The van der Waals surface area contributed by atoms with Gasteiger partial charge in [0.1, 0.15) is 0 Å². The summed E-state index contributed by atoms with van der Waals surface area (Å²) in [4.78, 5) is 0. The molecule has 1 aromatic rings. The minimum atomic E-state index is 0.691. The SMILES string of the molecule is Nc1ccccc1CCC12CC3CC(CC(C3)C1)C2. The lowest BCUT2D eigenvalue weighted by Gasteiger charge is -2.57. The van der Waals surface area contributed by atoms with Gasteiger partial charge in [-0.05, 0) is 86.2 Å². The molecule has 19 heavy (non-hydrogen) atoms. The molecule has 102 valence electrons. The predicted octanol–water partition coefficient (Wildman–Crippen LogP) is 4.42. The van der Waals surface area contributed by atoms with Gasteiger partial charge >= 0.3 is 0 Å². The Morgan fingerprint density at radius 3 is 2.11 bits per heavy atom. The number of aryl methyl sites for hydroxylation is 1. The Bertz CT molecular complexity index is 441. The number of hydrogen-bond acceptors (Lipinski definition) is 1. The summed E-state index contributed by atoms with van der Waals surface area (Å²) >= 11 is 0. The lowest BCUT2D eigenvalue weighted by Crippen LogP contribution is -2.46. The van der Waals surface area contributed by atoms with Gasteiger partial charge in [0.05, 0.1) is 0 Å². The van der Waals surface area contributed by atoms with Crippen molar-refractivity contribution in [2.45, 2.75) is 51.4 Å². The summed E-state index contributed by atoms with van der Waals surface area (Å²) < 4.78 is 0. The van der Waals surface area contributed by atoms with Crippen LogP contribution in [0, 0.1) is 23.2 Å². The van der Waals surface area contributed by atoms with E-state index in [4.69, 9.17) is 5.73 Å². The van der Waals surface area contributed by atoms with Crippen molar-refractivity contribution >= 4 is 5.69 Å². The van der Waals surface area contributed by atoms with Gasteiger partial charge in [0.15, 0.2) is 0 Å². The topological polar surface area (TPSA) is 26.0 Å². The van der Waals surface area contributed by atoms with E-state index in [1.165, 1.54) is 37.7 Å². The fourth-order valence-corrected chi connectivity index (χ4v) is 5.76. The molecule has 0 saturated heterocycles. The summed E-state index contributed by atoms with van der Waals surface area (Å²) in [5, 5.41) is 0. The zero-order valence-electron chi connectivity index (χ0n) is 11.8. The van der Waals surface area contributed by atoms with Crippen molar-refractivity contribution in [1.29, 1.82) is 0 Å². The van der Waals surface area contributed by atoms with Gasteiger partial charge in [-0.3, -0.25) is 0 Å². The first kappa shape index (κ1) is 11.8. The first-order chi connectivity index (χ1) is 9.22. The molecule has 0 aliphatic heterocycles. The van der Waals surface area contributed by atoms with Crippen LogP contribution >= 0.6 is 0 Å². The summed E-state index contributed by atoms with van der Waals surface area (Å²) in [7, 11) is 0. The molecule has 1 aromatic carbocycles. The second-order valence-corrected chi connectivity index (χ2v) is 7.62. The van der Waals surface area contributed by atoms with Gasteiger partial charge < -0.3 is 5.73 Å². The molecule has 0 spiro atoms. The normalized spacial score (nSPS) is 39.7. The van der Waals surface area contributed by atoms with Gasteiger partial charge in [0.25, 0.3) is 0 Å². The first-order valence-electron chi connectivity index (χ1n) is 8.06. The van der Waals surface area contributed by atoms with Crippen molar-refractivity contribution in [2.24, 2.45) is 23.2 Å². The predicted molar refractivity (Wildman–Crippen MR) is 79.8 cm³/mol. The number of benzene rings is 1. The zero-order valence-corrected chi connectivity index (χ0v) is 11.8. The Labute approximate surface area is 116 Å². The van der Waals surface area contributed by atoms with Crippen molar-refractivity contribution in [3.63, 3.8) is 0 Å². The number of nitrogen functional groups attached to an aromatic ring is 1. The van der Waals surface area contributed by atoms with E-state index in [1.54, 1.807) is 19.3 Å². The molecule has 5 rings (SSSR count). The van der Waals surface area contributed by atoms with Crippen molar-refractivity contribution in [2.75, 3.05) is 5.73 Å². The fourth-order valence-electron chi connectivity index (χ4n) is 5.76. The molecular formula is C18H25N. The Hall–Kier alpha value is -0.980. The van der Waals surface area contributed by atoms with Crippen LogP contribution in [0.1, 0.15) is 50.5 Å². The number of hydrogen-bond donors (Lipinski definition) is 1. The quantitative estimate of drug-likeness (QED) is 0.795. The van der Waals surface area contributed by atoms with Crippen molar-refractivity contribution in [3.05, 3.63) is 29.8 Å². The van der Waals surface area contributed by atoms with E-state index in [1.807, 2.05) is 6.07 Å². The average Bonchev–Trinajstić information content (AvgIpc) is 2.36. The third-order valence-corrected chi connectivity index (χ3v) is 6.14. The highest BCUT2D eigenvalue weighted by molar-refractivity contribution is 5.46. The van der Waals surface area contributed by atoms with E-state index in [-0.39, 0.29) is 0 Å². The summed E-state index contributed by atoms with van der Waals surface area (Å²) in [6.07, 6.45) is 11.8. The van der Waals surface area contributed by atoms with Crippen LogP contribution in [-0.2, 0) is 6.42 Å². The van der Waals surface area contributed by atoms with E-state index in [2.05, 4.69) is 18.2 Å². The maximum Gasteiger partial charge on any atom is 0.0346 e. The monoisotopic (exact) mass is 255 g/mol. The van der Waals surface area contributed by atoms with E-state index in [0.29, 0.717) is 5.41 Å². The molecule has 0 aromatic heterocycles. The molecule has 4 aliphatic carbocycles. The van der Waals surface area contributed by atoms with Crippen molar-refractivity contribution < 1.29 is 0 Å². The molecule has 0 atom stereocenters. The smallest absolute Gasteiger partial charge is 0.0346 e. The summed E-state index contributed by atoms with van der Waals surface area (Å²) in [6, 6.07) is 8.44. The zero-order chi connectivity index (χ0) is 12.9. The number of anilines is 1. The van der Waals surface area contributed by atoms with Gasteiger partial charge in [-0.25, -0.2) is 0 Å². The second-order valence-electron chi connectivity index (χ2n) is 7.62. The summed E-state index contributed by atoms with van der Waals surface area (Å²) in [6.45, 7) is 0. The van der Waals surface area contributed by atoms with Gasteiger partial charge in [-0.15, -0.1) is 0 Å². The number of nitrogens with two attached hydrogens (primary N) is 1.